The van der Waals surface area contributed by atoms with Crippen LogP contribution in [0.1, 0.15) is 70.4 Å². The molecule has 2 aliphatic heterocycles. The number of aromatic amines is 1. The molecule has 0 bridgehead atoms. The van der Waals surface area contributed by atoms with E-state index in [1.54, 1.807) is 23.2 Å². The van der Waals surface area contributed by atoms with Crippen molar-refractivity contribution >= 4 is 22.7 Å². The second kappa shape index (κ2) is 8.92. The van der Waals surface area contributed by atoms with Crippen LogP contribution in [0.3, 0.4) is 0 Å². The van der Waals surface area contributed by atoms with E-state index in [0.717, 1.165) is 44.3 Å². The van der Waals surface area contributed by atoms with Gasteiger partial charge in [0.1, 0.15) is 17.3 Å². The molecule has 2 amide bonds. The standard InChI is InChI=1S/C25H28FN5O2/c1-16-20(24(32)30-9-3-2-4-10-30)14-27-23(28-16)17-6-5-11-31(15-17)25(33)22-13-18-12-19(26)7-8-21(18)29-22/h7-8,12-14,17,29H,2-6,9-11,15H2,1H3/t17-/m0/s1. The van der Waals surface area contributed by atoms with Gasteiger partial charge in [0, 0.05) is 49.2 Å². The summed E-state index contributed by atoms with van der Waals surface area (Å²) in [6.45, 7) is 4.61. The molecule has 1 aromatic carbocycles. The van der Waals surface area contributed by atoms with Crippen molar-refractivity contribution < 1.29 is 14.0 Å². The maximum absolute atomic E-state index is 13.5. The van der Waals surface area contributed by atoms with Gasteiger partial charge in [0.15, 0.2) is 0 Å². The third-order valence-electron chi connectivity index (χ3n) is 6.76. The quantitative estimate of drug-likeness (QED) is 0.654. The number of likely N-dealkylation sites (tertiary alicyclic amines) is 2. The van der Waals surface area contributed by atoms with Crippen LogP contribution in [0.15, 0.2) is 30.5 Å². The Bertz CT molecular complexity index is 1200. The maximum atomic E-state index is 13.5. The van der Waals surface area contributed by atoms with Crippen LogP contribution in [0.2, 0.25) is 0 Å². The van der Waals surface area contributed by atoms with Crippen LogP contribution in [0.4, 0.5) is 4.39 Å². The molecule has 172 valence electrons. The zero-order chi connectivity index (χ0) is 22.9. The molecule has 5 rings (SSSR count). The largest absolute Gasteiger partial charge is 0.351 e. The van der Waals surface area contributed by atoms with E-state index in [-0.39, 0.29) is 23.5 Å². The molecule has 0 aliphatic carbocycles. The molecule has 4 heterocycles. The van der Waals surface area contributed by atoms with Gasteiger partial charge in [-0.1, -0.05) is 0 Å². The van der Waals surface area contributed by atoms with E-state index < -0.39 is 0 Å². The summed E-state index contributed by atoms with van der Waals surface area (Å²) in [6.07, 6.45) is 6.65. The van der Waals surface area contributed by atoms with Gasteiger partial charge < -0.3 is 14.8 Å². The van der Waals surface area contributed by atoms with Crippen LogP contribution in [0.25, 0.3) is 10.9 Å². The molecule has 3 aromatic rings. The highest BCUT2D eigenvalue weighted by molar-refractivity contribution is 5.98. The first-order chi connectivity index (χ1) is 16.0. The van der Waals surface area contributed by atoms with E-state index in [1.165, 1.54) is 18.6 Å². The van der Waals surface area contributed by atoms with E-state index in [9.17, 15) is 14.0 Å². The minimum atomic E-state index is -0.326. The molecule has 0 radical (unpaired) electrons. The molecule has 2 aromatic heterocycles. The lowest BCUT2D eigenvalue weighted by Crippen LogP contribution is -2.40. The van der Waals surface area contributed by atoms with Gasteiger partial charge in [0.2, 0.25) is 0 Å². The SMILES string of the molecule is Cc1nc([C@H]2CCCN(C(=O)c3cc4cc(F)ccc4[nH]3)C2)ncc1C(=O)N1CCCCC1. The van der Waals surface area contributed by atoms with Crippen molar-refractivity contribution in [2.45, 2.75) is 44.9 Å². The Balaban J connectivity index is 1.31. The lowest BCUT2D eigenvalue weighted by atomic mass is 9.96. The normalized spacial score (nSPS) is 19.2. The number of hydrogen-bond donors (Lipinski definition) is 1. The average Bonchev–Trinajstić information content (AvgIpc) is 3.27. The smallest absolute Gasteiger partial charge is 0.270 e. The molecule has 0 spiro atoms. The lowest BCUT2D eigenvalue weighted by molar-refractivity contribution is 0.0699. The summed E-state index contributed by atoms with van der Waals surface area (Å²) in [7, 11) is 0. The summed E-state index contributed by atoms with van der Waals surface area (Å²) in [5.74, 6) is 0.272. The highest BCUT2D eigenvalue weighted by atomic mass is 19.1. The number of benzene rings is 1. The van der Waals surface area contributed by atoms with Gasteiger partial charge in [0.25, 0.3) is 11.8 Å². The topological polar surface area (TPSA) is 82.2 Å². The van der Waals surface area contributed by atoms with Crippen molar-refractivity contribution in [3.8, 4) is 0 Å². The summed E-state index contributed by atoms with van der Waals surface area (Å²) in [6, 6.07) is 6.14. The number of aryl methyl sites for hydroxylation is 1. The van der Waals surface area contributed by atoms with Crippen molar-refractivity contribution in [1.29, 1.82) is 0 Å². The van der Waals surface area contributed by atoms with Gasteiger partial charge in [-0.05, 0) is 63.3 Å². The third-order valence-corrected chi connectivity index (χ3v) is 6.76. The van der Waals surface area contributed by atoms with E-state index in [0.29, 0.717) is 41.3 Å². The van der Waals surface area contributed by atoms with Crippen molar-refractivity contribution in [3.63, 3.8) is 0 Å². The molecule has 7 nitrogen and oxygen atoms in total. The number of piperidine rings is 2. The number of nitrogens with zero attached hydrogens (tertiary/aromatic N) is 4. The molecule has 0 unspecified atom stereocenters. The van der Waals surface area contributed by atoms with Crippen molar-refractivity contribution in [2.24, 2.45) is 0 Å². The zero-order valence-electron chi connectivity index (χ0n) is 18.8. The Labute approximate surface area is 192 Å². The maximum Gasteiger partial charge on any atom is 0.270 e. The summed E-state index contributed by atoms with van der Waals surface area (Å²) in [5.41, 5.74) is 2.45. The first-order valence-electron chi connectivity index (χ1n) is 11.7. The fraction of sp³-hybridized carbons (Fsp3) is 0.440. The number of carbonyl (C=O) groups is 2. The van der Waals surface area contributed by atoms with Gasteiger partial charge in [-0.3, -0.25) is 9.59 Å². The lowest BCUT2D eigenvalue weighted by Gasteiger charge is -2.32. The molecular formula is C25H28FN5O2. The second-order valence-electron chi connectivity index (χ2n) is 9.09. The Morgan fingerprint density at radius 2 is 1.82 bits per heavy atom. The van der Waals surface area contributed by atoms with Gasteiger partial charge in [-0.2, -0.15) is 0 Å². The van der Waals surface area contributed by atoms with Gasteiger partial charge in [-0.15, -0.1) is 0 Å². The van der Waals surface area contributed by atoms with Crippen LogP contribution >= 0.6 is 0 Å². The molecule has 33 heavy (non-hydrogen) atoms. The second-order valence-corrected chi connectivity index (χ2v) is 9.09. The molecule has 2 aliphatic rings. The molecule has 2 saturated heterocycles. The molecule has 1 atom stereocenters. The van der Waals surface area contributed by atoms with Crippen molar-refractivity contribution in [2.75, 3.05) is 26.2 Å². The van der Waals surface area contributed by atoms with Crippen LogP contribution in [0.5, 0.6) is 0 Å². The van der Waals surface area contributed by atoms with Crippen LogP contribution in [-0.4, -0.2) is 62.7 Å². The van der Waals surface area contributed by atoms with Gasteiger partial charge in [0.05, 0.1) is 11.3 Å². The number of halogens is 1. The summed E-state index contributed by atoms with van der Waals surface area (Å²) in [4.78, 5) is 42.0. The number of H-pyrrole nitrogens is 1. The fourth-order valence-electron chi connectivity index (χ4n) is 4.92. The molecule has 2 fully saturated rings. The summed E-state index contributed by atoms with van der Waals surface area (Å²) in [5, 5.41) is 0.680. The molecular weight excluding hydrogens is 421 g/mol. The Morgan fingerprint density at radius 3 is 2.61 bits per heavy atom. The number of nitrogens with one attached hydrogen (secondary N) is 1. The highest BCUT2D eigenvalue weighted by Gasteiger charge is 2.29. The first-order valence-corrected chi connectivity index (χ1v) is 11.7. The zero-order valence-corrected chi connectivity index (χ0v) is 18.8. The van der Waals surface area contributed by atoms with Crippen molar-refractivity contribution in [1.82, 2.24) is 24.8 Å². The summed E-state index contributed by atoms with van der Waals surface area (Å²) >= 11 is 0. The molecule has 8 heteroatoms. The number of fused-ring (bicyclic) bond motifs is 1. The first kappa shape index (κ1) is 21.6. The van der Waals surface area contributed by atoms with E-state index in [2.05, 4.69) is 15.0 Å². The molecule has 0 saturated carbocycles. The minimum Gasteiger partial charge on any atom is -0.351 e. The molecule has 1 N–H and O–H groups in total. The van der Waals surface area contributed by atoms with E-state index >= 15 is 0 Å². The number of carbonyl (C=O) groups excluding carboxylic acids is 2. The van der Waals surface area contributed by atoms with Crippen LogP contribution in [-0.2, 0) is 0 Å². The third kappa shape index (κ3) is 4.34. The summed E-state index contributed by atoms with van der Waals surface area (Å²) < 4.78 is 13.5. The average molecular weight is 450 g/mol. The fourth-order valence-corrected chi connectivity index (χ4v) is 4.92. The van der Waals surface area contributed by atoms with Crippen molar-refractivity contribution in [3.05, 3.63) is 59.1 Å². The van der Waals surface area contributed by atoms with Crippen LogP contribution < -0.4 is 0 Å². The van der Waals surface area contributed by atoms with Gasteiger partial charge in [-0.25, -0.2) is 14.4 Å². The predicted octanol–water partition coefficient (Wildman–Crippen LogP) is 4.05. The Morgan fingerprint density at radius 1 is 1.03 bits per heavy atom. The van der Waals surface area contributed by atoms with Crippen LogP contribution in [0, 0.1) is 12.7 Å². The van der Waals surface area contributed by atoms with Gasteiger partial charge >= 0.3 is 0 Å². The highest BCUT2D eigenvalue weighted by Crippen LogP contribution is 2.27. The predicted molar refractivity (Wildman–Crippen MR) is 123 cm³/mol. The number of rotatable bonds is 3. The number of hydrogen-bond acceptors (Lipinski definition) is 4. The van der Waals surface area contributed by atoms with E-state index in [4.69, 9.17) is 0 Å². The Hall–Kier alpha value is -3.29. The monoisotopic (exact) mass is 449 g/mol. The van der Waals surface area contributed by atoms with E-state index in [1.807, 2.05) is 11.8 Å². The minimum absolute atomic E-state index is 0.00875. The Kier molecular flexibility index (Phi) is 5.83. The number of amides is 2. The number of aromatic nitrogens is 3.